The molecule has 0 saturated heterocycles. The van der Waals surface area contributed by atoms with E-state index in [0.717, 1.165) is 16.9 Å². The molecule has 200 valence electrons. The van der Waals surface area contributed by atoms with E-state index >= 15 is 0 Å². The molecule has 2 amide bonds. The molecule has 0 saturated carbocycles. The molecule has 0 aliphatic carbocycles. The first-order valence-electron chi connectivity index (χ1n) is 12.5. The molecular formula is C28H29N7O3S. The number of nitrogens with one attached hydrogen (secondary N) is 5. The summed E-state index contributed by atoms with van der Waals surface area (Å²) in [6, 6.07) is 21.2. The molecular weight excluding hydrogens is 514 g/mol. The predicted molar refractivity (Wildman–Crippen MR) is 155 cm³/mol. The number of ether oxygens (including phenoxy) is 1. The van der Waals surface area contributed by atoms with Gasteiger partial charge in [0.25, 0.3) is 0 Å². The van der Waals surface area contributed by atoms with Crippen molar-refractivity contribution < 1.29 is 13.7 Å². The van der Waals surface area contributed by atoms with Crippen molar-refractivity contribution in [3.63, 3.8) is 0 Å². The van der Waals surface area contributed by atoms with E-state index in [2.05, 4.69) is 26.3 Å². The fourth-order valence-corrected chi connectivity index (χ4v) is 5.67. The van der Waals surface area contributed by atoms with Crippen molar-refractivity contribution in [2.24, 2.45) is 0 Å². The van der Waals surface area contributed by atoms with E-state index < -0.39 is 15.8 Å². The molecule has 4 aromatic rings. The van der Waals surface area contributed by atoms with Crippen LogP contribution in [0.25, 0.3) is 11.1 Å². The summed E-state index contributed by atoms with van der Waals surface area (Å²) in [6.07, 6.45) is 3.03. The number of carbonyl (C=O) groups excluding carboxylic acids is 1. The van der Waals surface area contributed by atoms with Gasteiger partial charge in [-0.25, -0.2) is 18.8 Å². The number of carbonyl (C=O) groups is 1. The molecule has 1 aliphatic rings. The lowest BCUT2D eigenvalue weighted by Crippen LogP contribution is -2.19. The Balaban J connectivity index is 1.47. The number of amides is 2. The van der Waals surface area contributed by atoms with Crippen LogP contribution in [0.2, 0.25) is 0 Å². The molecule has 39 heavy (non-hydrogen) atoms. The molecule has 0 fully saturated rings. The van der Waals surface area contributed by atoms with Crippen molar-refractivity contribution in [3.05, 3.63) is 79.0 Å². The maximum atomic E-state index is 13.4. The highest BCUT2D eigenvalue weighted by molar-refractivity contribution is 7.92. The van der Waals surface area contributed by atoms with Crippen LogP contribution in [0.15, 0.2) is 83.9 Å². The van der Waals surface area contributed by atoms with Crippen LogP contribution >= 0.6 is 0 Å². The number of hydrogen-bond acceptors (Lipinski definition) is 8. The van der Waals surface area contributed by atoms with Crippen LogP contribution in [0.4, 0.5) is 33.6 Å². The van der Waals surface area contributed by atoms with Crippen molar-refractivity contribution >= 4 is 44.6 Å². The number of aromatic nitrogens is 2. The summed E-state index contributed by atoms with van der Waals surface area (Å²) in [5, 5.41) is 12.1. The highest BCUT2D eigenvalue weighted by Gasteiger charge is 2.17. The number of rotatable bonds is 4. The second-order valence-corrected chi connectivity index (χ2v) is 11.2. The SMILES string of the molecule is COc1ccc(-c2cnc3nc2NCCCCS(=N)(=O)c2cc(NC(=O)Nc4ccccc4)cc(c2)N3)cc1. The maximum absolute atomic E-state index is 13.4. The summed E-state index contributed by atoms with van der Waals surface area (Å²) >= 11 is 0. The normalized spacial score (nSPS) is 16.7. The van der Waals surface area contributed by atoms with E-state index in [4.69, 9.17) is 14.5 Å². The van der Waals surface area contributed by atoms with Crippen LogP contribution in [0.5, 0.6) is 5.75 Å². The van der Waals surface area contributed by atoms with Gasteiger partial charge in [-0.3, -0.25) is 0 Å². The highest BCUT2D eigenvalue weighted by atomic mass is 32.2. The zero-order chi connectivity index (χ0) is 27.2. The van der Waals surface area contributed by atoms with Crippen LogP contribution in [-0.4, -0.2) is 39.6 Å². The second-order valence-electron chi connectivity index (χ2n) is 9.01. The third-order valence-corrected chi connectivity index (χ3v) is 8.03. The number of para-hydroxylation sites is 1. The Labute approximate surface area is 227 Å². The molecule has 5 rings (SSSR count). The van der Waals surface area contributed by atoms with Crippen molar-refractivity contribution in [1.29, 1.82) is 4.78 Å². The molecule has 1 aromatic heterocycles. The Morgan fingerprint density at radius 3 is 2.54 bits per heavy atom. The number of fused-ring (bicyclic) bond motifs is 4. The Morgan fingerprint density at radius 1 is 1.00 bits per heavy atom. The van der Waals surface area contributed by atoms with Crippen molar-refractivity contribution in [3.8, 4) is 16.9 Å². The predicted octanol–water partition coefficient (Wildman–Crippen LogP) is 6.15. The number of nitrogens with zero attached hydrogens (tertiary/aromatic N) is 2. The van der Waals surface area contributed by atoms with Gasteiger partial charge in [-0.15, -0.1) is 0 Å². The van der Waals surface area contributed by atoms with Crippen molar-refractivity contribution in [2.75, 3.05) is 40.7 Å². The minimum absolute atomic E-state index is 0.197. The first kappa shape index (κ1) is 26.0. The first-order valence-corrected chi connectivity index (χ1v) is 14.2. The minimum atomic E-state index is -3.10. The molecule has 1 aliphatic heterocycles. The number of anilines is 5. The minimum Gasteiger partial charge on any atom is -0.497 e. The van der Waals surface area contributed by atoms with E-state index in [0.29, 0.717) is 53.1 Å². The van der Waals surface area contributed by atoms with Gasteiger partial charge in [0.15, 0.2) is 0 Å². The van der Waals surface area contributed by atoms with Crippen molar-refractivity contribution in [1.82, 2.24) is 9.97 Å². The van der Waals surface area contributed by atoms with Crippen LogP contribution in [0.3, 0.4) is 0 Å². The molecule has 0 radical (unpaired) electrons. The Bertz CT molecular complexity index is 1580. The number of benzene rings is 3. The van der Waals surface area contributed by atoms with Gasteiger partial charge in [-0.1, -0.05) is 30.3 Å². The average Bonchev–Trinajstić information content (AvgIpc) is 2.93. The fourth-order valence-electron chi connectivity index (χ4n) is 4.19. The average molecular weight is 544 g/mol. The van der Waals surface area contributed by atoms with E-state index in [1.807, 2.05) is 42.5 Å². The summed E-state index contributed by atoms with van der Waals surface area (Å²) in [5.74, 6) is 1.93. The molecule has 1 unspecified atom stereocenters. The quantitative estimate of drug-likeness (QED) is 0.208. The monoisotopic (exact) mass is 543 g/mol. The molecule has 5 N–H and O–H groups in total. The maximum Gasteiger partial charge on any atom is 0.323 e. The number of hydrogen-bond donors (Lipinski definition) is 5. The van der Waals surface area contributed by atoms with E-state index in [1.54, 1.807) is 43.6 Å². The molecule has 4 bridgehead atoms. The third kappa shape index (κ3) is 6.44. The molecule has 1 atom stereocenters. The van der Waals surface area contributed by atoms with Gasteiger partial charge in [0.1, 0.15) is 11.6 Å². The third-order valence-electron chi connectivity index (χ3n) is 6.17. The van der Waals surface area contributed by atoms with Gasteiger partial charge in [0.05, 0.1) is 21.7 Å². The molecule has 3 aromatic carbocycles. The zero-order valence-electron chi connectivity index (χ0n) is 21.4. The van der Waals surface area contributed by atoms with Gasteiger partial charge >= 0.3 is 6.03 Å². The lowest BCUT2D eigenvalue weighted by Gasteiger charge is -2.15. The summed E-state index contributed by atoms with van der Waals surface area (Å²) in [4.78, 5) is 22.2. The van der Waals surface area contributed by atoms with Gasteiger partial charge in [0.2, 0.25) is 5.95 Å². The topological polar surface area (TPSA) is 141 Å². The Kier molecular flexibility index (Phi) is 7.60. The largest absolute Gasteiger partial charge is 0.497 e. The molecule has 10 nitrogen and oxygen atoms in total. The Morgan fingerprint density at radius 2 is 1.77 bits per heavy atom. The Hall–Kier alpha value is -4.64. The molecule has 11 heteroatoms. The van der Waals surface area contributed by atoms with Crippen LogP contribution in [-0.2, 0) is 9.73 Å². The van der Waals surface area contributed by atoms with Gasteiger partial charge < -0.3 is 26.0 Å². The van der Waals surface area contributed by atoms with E-state index in [9.17, 15) is 9.00 Å². The van der Waals surface area contributed by atoms with E-state index in [-0.39, 0.29) is 5.75 Å². The van der Waals surface area contributed by atoms with Crippen LogP contribution in [0.1, 0.15) is 12.8 Å². The smallest absolute Gasteiger partial charge is 0.323 e. The van der Waals surface area contributed by atoms with Gasteiger partial charge in [-0.2, -0.15) is 4.98 Å². The summed E-state index contributed by atoms with van der Waals surface area (Å²) < 4.78 is 27.3. The second kappa shape index (κ2) is 11.4. The summed E-state index contributed by atoms with van der Waals surface area (Å²) in [5.41, 5.74) is 3.30. The molecule has 0 spiro atoms. The van der Waals surface area contributed by atoms with Crippen molar-refractivity contribution in [2.45, 2.75) is 17.7 Å². The van der Waals surface area contributed by atoms with E-state index in [1.165, 1.54) is 0 Å². The van der Waals surface area contributed by atoms with Crippen LogP contribution < -0.4 is 26.0 Å². The zero-order valence-corrected chi connectivity index (χ0v) is 22.2. The van der Waals surface area contributed by atoms with Gasteiger partial charge in [-0.05, 0) is 60.9 Å². The lowest BCUT2D eigenvalue weighted by molar-refractivity contribution is 0.262. The summed E-state index contributed by atoms with van der Waals surface area (Å²) in [7, 11) is -1.48. The standard InChI is InChI=1S/C28H29N7O3S/c1-38-23-11-9-19(10-12-23)25-18-31-27-32-21-15-22(34-28(36)33-20-7-3-2-4-8-20)17-24(16-21)39(29,37)14-6-5-13-30-26(25)35-27/h2-4,7-12,15-18,29H,5-6,13-14H2,1H3,(H2,33,34,36)(H2,30,31,32,35). The first-order chi connectivity index (χ1) is 18.9. The number of methoxy groups -OCH3 is 1. The lowest BCUT2D eigenvalue weighted by atomic mass is 10.1. The van der Waals surface area contributed by atoms with Gasteiger partial charge in [0, 0.05) is 41.1 Å². The number of urea groups is 1. The fraction of sp³-hybridized carbons (Fsp3) is 0.179. The highest BCUT2D eigenvalue weighted by Crippen LogP contribution is 2.31. The molecule has 2 heterocycles. The summed E-state index contributed by atoms with van der Waals surface area (Å²) in [6.45, 7) is 0.596. The van der Waals surface area contributed by atoms with Crippen LogP contribution in [0, 0.1) is 4.78 Å².